The van der Waals surface area contributed by atoms with Crippen molar-refractivity contribution in [2.75, 3.05) is 0 Å². The summed E-state index contributed by atoms with van der Waals surface area (Å²) in [6.07, 6.45) is -3.63. The maximum absolute atomic E-state index is 14.0. The van der Waals surface area contributed by atoms with Gasteiger partial charge in [0.05, 0.1) is 0 Å². The molecule has 0 aromatic carbocycles. The number of pyridine rings is 1. The molecule has 2 amide bonds. The van der Waals surface area contributed by atoms with Crippen LogP contribution >= 0.6 is 0 Å². The summed E-state index contributed by atoms with van der Waals surface area (Å²) in [6.45, 7) is 11.7. The van der Waals surface area contributed by atoms with Crippen LogP contribution in [0, 0.1) is 0 Å². The van der Waals surface area contributed by atoms with Gasteiger partial charge in [0.15, 0.2) is 0 Å². The molecule has 29 heavy (non-hydrogen) atoms. The molecule has 0 saturated carbocycles. The second kappa shape index (κ2) is 9.25. The highest BCUT2D eigenvalue weighted by atomic mass is 28.4. The molecule has 1 rings (SSSR count). The maximum atomic E-state index is 14.0. The molecule has 0 aliphatic heterocycles. The van der Waals surface area contributed by atoms with Crippen molar-refractivity contribution in [2.45, 2.75) is 76.9 Å². The first kappa shape index (κ1) is 25.1. The molecule has 0 radical (unpaired) electrons. The lowest BCUT2D eigenvalue weighted by molar-refractivity contribution is -0.240. The van der Waals surface area contributed by atoms with Crippen molar-refractivity contribution in [1.29, 1.82) is 0 Å². The van der Waals surface area contributed by atoms with Gasteiger partial charge in [-0.1, -0.05) is 47.6 Å². The summed E-state index contributed by atoms with van der Waals surface area (Å²) in [5.74, 6) is -2.31. The van der Waals surface area contributed by atoms with E-state index in [4.69, 9.17) is 4.43 Å². The van der Waals surface area contributed by atoms with Crippen molar-refractivity contribution in [3.05, 3.63) is 30.1 Å². The predicted molar refractivity (Wildman–Crippen MR) is 106 cm³/mol. The van der Waals surface area contributed by atoms with Gasteiger partial charge in [-0.3, -0.25) is 25.4 Å². The van der Waals surface area contributed by atoms with E-state index in [9.17, 15) is 22.8 Å². The Kier molecular flexibility index (Phi) is 8.00. The van der Waals surface area contributed by atoms with E-state index in [1.54, 1.807) is 12.1 Å². The first-order valence-corrected chi connectivity index (χ1v) is 11.6. The van der Waals surface area contributed by atoms with E-state index in [1.807, 2.05) is 52.4 Å². The van der Waals surface area contributed by atoms with Crippen LogP contribution in [0.5, 0.6) is 0 Å². The number of hydrazine groups is 1. The molecule has 0 fully saturated rings. The number of amides is 2. The average molecular weight is 434 g/mol. The maximum Gasteiger partial charge on any atom is 0.425 e. The van der Waals surface area contributed by atoms with Crippen LogP contribution in [-0.2, 0) is 9.22 Å². The second-order valence-electron chi connectivity index (χ2n) is 8.07. The summed E-state index contributed by atoms with van der Waals surface area (Å²) in [5, 5.41) is 0. The molecule has 0 saturated heterocycles. The van der Waals surface area contributed by atoms with Crippen molar-refractivity contribution >= 4 is 20.1 Å². The normalized spacial score (nSPS) is 14.8. The molecule has 2 N–H and O–H groups in total. The van der Waals surface area contributed by atoms with Crippen molar-refractivity contribution < 1.29 is 27.2 Å². The number of aromatic nitrogens is 1. The lowest BCUT2D eigenvalue weighted by Crippen LogP contribution is -2.66. The number of carbonyl (C=O) groups excluding carboxylic acids is 2. The number of nitrogens with zero attached hydrogens (tertiary/aromatic N) is 1. The first-order chi connectivity index (χ1) is 13.2. The standard InChI is InChI=1S/C19H30F3N3O3Si/c1-12(2)29(13(3)4,14(5)6)28-18(7,19(20,21)22)17(27)25-24-16(26)15-10-8-9-11-23-15/h8-14H,1-7H3,(H,24,26)(H,25,27). The smallest absolute Gasteiger partial charge is 0.395 e. The molecule has 0 aliphatic rings. The molecule has 0 aliphatic carbocycles. The fourth-order valence-corrected chi connectivity index (χ4v) is 9.36. The molecule has 1 unspecified atom stereocenters. The van der Waals surface area contributed by atoms with Crippen molar-refractivity contribution in [3.8, 4) is 0 Å². The third kappa shape index (κ3) is 5.16. The van der Waals surface area contributed by atoms with Crippen LogP contribution < -0.4 is 10.9 Å². The number of hydrogen-bond acceptors (Lipinski definition) is 4. The third-order valence-electron chi connectivity index (χ3n) is 5.25. The third-order valence-corrected chi connectivity index (χ3v) is 11.4. The average Bonchev–Trinajstić information content (AvgIpc) is 2.62. The Balaban J connectivity index is 3.20. The van der Waals surface area contributed by atoms with Gasteiger partial charge >= 0.3 is 6.18 Å². The SMILES string of the molecule is CC(C)[Si](OC(C)(C(=O)NNC(=O)c1ccccn1)C(F)(F)F)(C(C)C)C(C)C. The molecule has 1 aromatic heterocycles. The molecule has 164 valence electrons. The monoisotopic (exact) mass is 433 g/mol. The number of halogens is 3. The summed E-state index contributed by atoms with van der Waals surface area (Å²) in [7, 11) is -3.06. The van der Waals surface area contributed by atoms with Crippen LogP contribution in [0.4, 0.5) is 13.2 Å². The highest BCUT2D eigenvalue weighted by molar-refractivity contribution is 6.77. The van der Waals surface area contributed by atoms with Gasteiger partial charge in [0, 0.05) is 6.20 Å². The van der Waals surface area contributed by atoms with Gasteiger partial charge in [0.2, 0.25) is 13.9 Å². The number of alkyl halides is 3. The van der Waals surface area contributed by atoms with Gasteiger partial charge in [-0.15, -0.1) is 0 Å². The minimum absolute atomic E-state index is 0.0438. The fourth-order valence-electron chi connectivity index (χ4n) is 3.73. The fraction of sp³-hybridized carbons (Fsp3) is 0.632. The second-order valence-corrected chi connectivity index (χ2v) is 13.4. The molecule has 6 nitrogen and oxygen atoms in total. The molecule has 1 heterocycles. The number of rotatable bonds is 7. The minimum atomic E-state index is -4.98. The highest BCUT2D eigenvalue weighted by Crippen LogP contribution is 2.48. The molecule has 1 atom stereocenters. The van der Waals surface area contributed by atoms with E-state index in [1.165, 1.54) is 12.3 Å². The lowest BCUT2D eigenvalue weighted by Gasteiger charge is -2.47. The summed E-state index contributed by atoms with van der Waals surface area (Å²) in [4.78, 5) is 28.4. The Bertz CT molecular complexity index is 690. The van der Waals surface area contributed by atoms with Crippen LogP contribution in [-0.4, -0.2) is 36.9 Å². The molecule has 10 heteroatoms. The lowest BCUT2D eigenvalue weighted by atomic mass is 10.1. The van der Waals surface area contributed by atoms with E-state index < -0.39 is 31.9 Å². The van der Waals surface area contributed by atoms with Gasteiger partial charge in [-0.05, 0) is 35.7 Å². The topological polar surface area (TPSA) is 80.3 Å². The van der Waals surface area contributed by atoms with E-state index in [-0.39, 0.29) is 22.3 Å². The number of carbonyl (C=O) groups is 2. The molecule has 0 spiro atoms. The van der Waals surface area contributed by atoms with Crippen LogP contribution in [0.3, 0.4) is 0 Å². The molecule has 1 aromatic rings. The first-order valence-electron chi connectivity index (χ1n) is 9.48. The molecular weight excluding hydrogens is 403 g/mol. The summed E-state index contributed by atoms with van der Waals surface area (Å²) in [5.41, 5.74) is 0.191. The van der Waals surface area contributed by atoms with E-state index in [0.717, 1.165) is 0 Å². The summed E-state index contributed by atoms with van der Waals surface area (Å²) in [6, 6.07) is 4.49. The van der Waals surface area contributed by atoms with Crippen molar-refractivity contribution in [1.82, 2.24) is 15.8 Å². The quantitative estimate of drug-likeness (QED) is 0.495. The van der Waals surface area contributed by atoms with E-state index >= 15 is 0 Å². The largest absolute Gasteiger partial charge is 0.425 e. The summed E-state index contributed by atoms with van der Waals surface area (Å²) >= 11 is 0. The highest BCUT2D eigenvalue weighted by Gasteiger charge is 2.63. The van der Waals surface area contributed by atoms with Gasteiger partial charge in [0.1, 0.15) is 5.69 Å². The van der Waals surface area contributed by atoms with Crippen LogP contribution in [0.1, 0.15) is 59.0 Å². The minimum Gasteiger partial charge on any atom is -0.395 e. The van der Waals surface area contributed by atoms with E-state index in [0.29, 0.717) is 6.92 Å². The van der Waals surface area contributed by atoms with E-state index in [2.05, 4.69) is 4.98 Å². The van der Waals surface area contributed by atoms with Crippen LogP contribution in [0.2, 0.25) is 16.6 Å². The summed E-state index contributed by atoms with van der Waals surface area (Å²) < 4.78 is 47.9. The van der Waals surface area contributed by atoms with Gasteiger partial charge in [0.25, 0.3) is 11.8 Å². The Hall–Kier alpha value is -1.94. The predicted octanol–water partition coefficient (Wildman–Crippen LogP) is 4.36. The molecule has 0 bridgehead atoms. The Morgan fingerprint density at radius 1 is 1.00 bits per heavy atom. The number of nitrogens with one attached hydrogen (secondary N) is 2. The van der Waals surface area contributed by atoms with Crippen LogP contribution in [0.25, 0.3) is 0 Å². The Morgan fingerprint density at radius 3 is 1.90 bits per heavy atom. The van der Waals surface area contributed by atoms with Gasteiger partial charge in [-0.25, -0.2) is 0 Å². The Morgan fingerprint density at radius 2 is 1.52 bits per heavy atom. The van der Waals surface area contributed by atoms with Crippen LogP contribution in [0.15, 0.2) is 24.4 Å². The molecular formula is C19H30F3N3O3Si. The van der Waals surface area contributed by atoms with Gasteiger partial charge in [-0.2, -0.15) is 13.2 Å². The number of hydrogen-bond donors (Lipinski definition) is 2. The zero-order valence-electron chi connectivity index (χ0n) is 17.8. The zero-order chi connectivity index (χ0) is 22.6. The van der Waals surface area contributed by atoms with Crippen molar-refractivity contribution in [3.63, 3.8) is 0 Å². The Labute approximate surface area is 170 Å². The van der Waals surface area contributed by atoms with Gasteiger partial charge < -0.3 is 4.43 Å². The van der Waals surface area contributed by atoms with Crippen molar-refractivity contribution in [2.24, 2.45) is 0 Å². The zero-order valence-corrected chi connectivity index (χ0v) is 18.8.